The molecule has 1 aliphatic rings. The minimum Gasteiger partial charge on any atom is -0.486 e. The van der Waals surface area contributed by atoms with Crippen LogP contribution in [-0.4, -0.2) is 44.7 Å². The Kier molecular flexibility index (Phi) is 4.05. The fourth-order valence-corrected chi connectivity index (χ4v) is 3.38. The van der Waals surface area contributed by atoms with Crippen molar-refractivity contribution in [3.05, 3.63) is 53.9 Å². The van der Waals surface area contributed by atoms with E-state index in [1.807, 2.05) is 24.3 Å². The molecule has 0 spiro atoms. The monoisotopic (exact) mass is 391 g/mol. The number of nitrogens with one attached hydrogen (secondary N) is 3. The van der Waals surface area contributed by atoms with E-state index in [2.05, 4.69) is 25.7 Å². The Morgan fingerprint density at radius 3 is 2.83 bits per heavy atom. The van der Waals surface area contributed by atoms with Crippen LogP contribution in [0.1, 0.15) is 16.1 Å². The lowest BCUT2D eigenvalue weighted by Crippen LogP contribution is -2.15. The van der Waals surface area contributed by atoms with Crippen LogP contribution in [0, 0.1) is 0 Å². The van der Waals surface area contributed by atoms with E-state index in [9.17, 15) is 9.90 Å². The van der Waals surface area contributed by atoms with Crippen LogP contribution in [0.25, 0.3) is 22.2 Å². The number of carboxylic acid groups (broad SMARTS) is 1. The Morgan fingerprint density at radius 1 is 1.10 bits per heavy atom. The highest BCUT2D eigenvalue weighted by molar-refractivity contribution is 6.01. The van der Waals surface area contributed by atoms with Gasteiger partial charge in [-0.05, 0) is 36.4 Å². The number of aromatic carboxylic acids is 1. The molecule has 0 unspecified atom stereocenters. The van der Waals surface area contributed by atoms with Gasteiger partial charge in [-0.15, -0.1) is 0 Å². The van der Waals surface area contributed by atoms with E-state index >= 15 is 0 Å². The minimum atomic E-state index is -1.07. The van der Waals surface area contributed by atoms with Crippen molar-refractivity contribution in [3.63, 3.8) is 0 Å². The number of anilines is 1. The molecule has 0 saturated heterocycles. The third kappa shape index (κ3) is 3.12. The minimum absolute atomic E-state index is 0.00364. The molecule has 0 atom stereocenters. The second kappa shape index (κ2) is 6.86. The Morgan fingerprint density at radius 2 is 1.97 bits per heavy atom. The Balaban J connectivity index is 1.39. The largest absolute Gasteiger partial charge is 0.486 e. The summed E-state index contributed by atoms with van der Waals surface area (Å²) in [5, 5.41) is 26.9. The van der Waals surface area contributed by atoms with Crippen molar-refractivity contribution in [2.75, 3.05) is 18.5 Å². The lowest BCUT2D eigenvalue weighted by molar-refractivity contribution is 0.0692. The number of fused-ring (bicyclic) bond motifs is 2. The highest BCUT2D eigenvalue weighted by atomic mass is 16.6. The standard InChI is InChI=1S/C20H17N5O4/c26-20(27)19-14-8-13(2-3-15(14)23-25-19)21-9-12-10-22-24-18(12)11-1-4-16-17(7-11)29-6-5-28-16/h1-4,7-8,10,21H,5-6,9H2,(H,22,24)(H,23,25)(H,26,27). The Bertz CT molecular complexity index is 1210. The third-order valence-electron chi connectivity index (χ3n) is 4.80. The molecule has 0 bridgehead atoms. The number of carboxylic acids is 1. The van der Waals surface area contributed by atoms with E-state index in [-0.39, 0.29) is 5.69 Å². The van der Waals surface area contributed by atoms with Crippen LogP contribution in [0.15, 0.2) is 42.6 Å². The van der Waals surface area contributed by atoms with Gasteiger partial charge in [0.2, 0.25) is 0 Å². The van der Waals surface area contributed by atoms with Crippen LogP contribution in [-0.2, 0) is 6.54 Å². The molecule has 0 radical (unpaired) electrons. The summed E-state index contributed by atoms with van der Waals surface area (Å²) in [7, 11) is 0. The fraction of sp³-hybridized carbons (Fsp3) is 0.150. The Labute approximate surface area is 164 Å². The number of aromatic nitrogens is 4. The molecule has 9 heteroatoms. The highest BCUT2D eigenvalue weighted by Crippen LogP contribution is 2.35. The maximum Gasteiger partial charge on any atom is 0.357 e. The van der Waals surface area contributed by atoms with Crippen LogP contribution in [0.2, 0.25) is 0 Å². The van der Waals surface area contributed by atoms with Crippen molar-refractivity contribution < 1.29 is 19.4 Å². The van der Waals surface area contributed by atoms with Gasteiger partial charge < -0.3 is 19.9 Å². The van der Waals surface area contributed by atoms with Crippen molar-refractivity contribution in [1.29, 1.82) is 0 Å². The summed E-state index contributed by atoms with van der Waals surface area (Å²) in [6.07, 6.45) is 1.76. The highest BCUT2D eigenvalue weighted by Gasteiger charge is 2.16. The number of rotatable bonds is 5. The van der Waals surface area contributed by atoms with Gasteiger partial charge in [0.25, 0.3) is 0 Å². The van der Waals surface area contributed by atoms with E-state index < -0.39 is 5.97 Å². The molecule has 146 valence electrons. The van der Waals surface area contributed by atoms with E-state index in [1.54, 1.807) is 18.3 Å². The summed E-state index contributed by atoms with van der Waals surface area (Å²) in [6, 6.07) is 11.2. The first kappa shape index (κ1) is 17.1. The number of H-pyrrole nitrogens is 2. The van der Waals surface area contributed by atoms with Crippen molar-refractivity contribution >= 4 is 22.6 Å². The van der Waals surface area contributed by atoms with Crippen LogP contribution >= 0.6 is 0 Å². The molecular weight excluding hydrogens is 374 g/mol. The quantitative estimate of drug-likeness (QED) is 0.412. The van der Waals surface area contributed by atoms with E-state index in [4.69, 9.17) is 9.47 Å². The van der Waals surface area contributed by atoms with Crippen molar-refractivity contribution in [2.24, 2.45) is 0 Å². The zero-order valence-electron chi connectivity index (χ0n) is 15.2. The van der Waals surface area contributed by atoms with Gasteiger partial charge in [-0.2, -0.15) is 10.2 Å². The first-order valence-electron chi connectivity index (χ1n) is 9.06. The Hall–Kier alpha value is -4.01. The van der Waals surface area contributed by atoms with E-state index in [1.165, 1.54) is 0 Å². The normalized spacial score (nSPS) is 12.8. The number of aromatic amines is 2. The topological polar surface area (TPSA) is 125 Å². The fourth-order valence-electron chi connectivity index (χ4n) is 3.38. The molecule has 0 aliphatic carbocycles. The molecule has 4 aromatic rings. The summed E-state index contributed by atoms with van der Waals surface area (Å²) >= 11 is 0. The number of hydrogen-bond donors (Lipinski definition) is 4. The zero-order chi connectivity index (χ0) is 19.8. The van der Waals surface area contributed by atoms with Crippen molar-refractivity contribution in [3.8, 4) is 22.8 Å². The third-order valence-corrected chi connectivity index (χ3v) is 4.80. The molecule has 0 saturated carbocycles. The first-order valence-corrected chi connectivity index (χ1v) is 9.06. The number of hydrogen-bond acceptors (Lipinski definition) is 6. The van der Waals surface area contributed by atoms with Gasteiger partial charge in [0.15, 0.2) is 17.2 Å². The maximum absolute atomic E-state index is 11.3. The lowest BCUT2D eigenvalue weighted by atomic mass is 10.1. The van der Waals surface area contributed by atoms with Gasteiger partial charge >= 0.3 is 5.97 Å². The van der Waals surface area contributed by atoms with Crippen molar-refractivity contribution in [1.82, 2.24) is 20.4 Å². The molecule has 4 N–H and O–H groups in total. The number of ether oxygens (including phenoxy) is 2. The molecule has 1 aliphatic heterocycles. The molecule has 0 amide bonds. The molecule has 5 rings (SSSR count). The van der Waals surface area contributed by atoms with Crippen molar-refractivity contribution in [2.45, 2.75) is 6.54 Å². The van der Waals surface area contributed by atoms with Crippen LogP contribution in [0.5, 0.6) is 11.5 Å². The maximum atomic E-state index is 11.3. The van der Waals surface area contributed by atoms with E-state index in [0.29, 0.717) is 36.4 Å². The molecular formula is C20H17N5O4. The average molecular weight is 391 g/mol. The summed E-state index contributed by atoms with van der Waals surface area (Å²) in [5.74, 6) is 0.389. The van der Waals surface area contributed by atoms with Gasteiger partial charge in [-0.3, -0.25) is 10.2 Å². The molecule has 29 heavy (non-hydrogen) atoms. The summed E-state index contributed by atoms with van der Waals surface area (Å²) < 4.78 is 11.2. The van der Waals surface area contributed by atoms with E-state index in [0.717, 1.165) is 28.3 Å². The summed E-state index contributed by atoms with van der Waals surface area (Å²) in [6.45, 7) is 1.59. The van der Waals surface area contributed by atoms with Gasteiger partial charge in [0, 0.05) is 28.7 Å². The number of benzene rings is 2. The van der Waals surface area contributed by atoms with Gasteiger partial charge in [-0.25, -0.2) is 4.79 Å². The number of nitrogens with zero attached hydrogens (tertiary/aromatic N) is 2. The second-order valence-corrected chi connectivity index (χ2v) is 6.62. The number of carbonyl (C=O) groups is 1. The van der Waals surface area contributed by atoms with Crippen LogP contribution in [0.3, 0.4) is 0 Å². The van der Waals surface area contributed by atoms with Gasteiger partial charge in [0.05, 0.1) is 17.4 Å². The van der Waals surface area contributed by atoms with Gasteiger partial charge in [0.1, 0.15) is 13.2 Å². The molecule has 2 aromatic heterocycles. The molecule has 3 heterocycles. The molecule has 0 fully saturated rings. The molecule has 2 aromatic carbocycles. The zero-order valence-corrected chi connectivity index (χ0v) is 15.2. The average Bonchev–Trinajstić information content (AvgIpc) is 3.38. The molecule has 9 nitrogen and oxygen atoms in total. The van der Waals surface area contributed by atoms with Crippen LogP contribution in [0.4, 0.5) is 5.69 Å². The smallest absolute Gasteiger partial charge is 0.357 e. The SMILES string of the molecule is O=C(O)c1n[nH]c2ccc(NCc3cn[nH]c3-c3ccc4c(c3)OCCO4)cc12. The summed E-state index contributed by atoms with van der Waals surface area (Å²) in [4.78, 5) is 11.3. The first-order chi connectivity index (χ1) is 14.2. The van der Waals surface area contributed by atoms with Gasteiger partial charge in [-0.1, -0.05) is 0 Å². The predicted molar refractivity (Wildman–Crippen MR) is 105 cm³/mol. The lowest BCUT2D eigenvalue weighted by Gasteiger charge is -2.18. The predicted octanol–water partition coefficient (Wildman–Crippen LogP) is 3.03. The second-order valence-electron chi connectivity index (χ2n) is 6.62. The van der Waals surface area contributed by atoms with Crippen LogP contribution < -0.4 is 14.8 Å². The summed E-state index contributed by atoms with van der Waals surface area (Å²) in [5.41, 5.74) is 4.26.